The molecule has 1 aliphatic carbocycles. The van der Waals surface area contributed by atoms with Crippen LogP contribution >= 0.6 is 15.9 Å². The molecular weight excluding hydrogens is 285 g/mol. The van der Waals surface area contributed by atoms with Gasteiger partial charge < -0.3 is 10.3 Å². The monoisotopic (exact) mass is 297 g/mol. The third-order valence-electron chi connectivity index (χ3n) is 3.10. The Bertz CT molecular complexity index is 575. The summed E-state index contributed by atoms with van der Waals surface area (Å²) in [4.78, 5) is 4.55. The molecule has 0 spiro atoms. The van der Waals surface area contributed by atoms with E-state index in [1.807, 2.05) is 0 Å². The van der Waals surface area contributed by atoms with Crippen molar-refractivity contribution in [2.75, 3.05) is 6.54 Å². The zero-order valence-electron chi connectivity index (χ0n) is 9.29. The molecule has 1 fully saturated rings. The molecule has 1 aliphatic rings. The van der Waals surface area contributed by atoms with Crippen molar-refractivity contribution in [1.29, 1.82) is 0 Å². The Kier molecular flexibility index (Phi) is 2.67. The standard InChI is InChI=1S/C12H13BrFN3/c13-11-8(14)3-4-9-12(11)17(7-1-2-7)10(16-9)5-6-15/h3-4,7H,1-2,5-6,15H2. The van der Waals surface area contributed by atoms with Gasteiger partial charge in [0.2, 0.25) is 0 Å². The molecule has 0 bridgehead atoms. The predicted octanol–water partition coefficient (Wildman–Crippen LogP) is 2.77. The van der Waals surface area contributed by atoms with Crippen LogP contribution in [0.15, 0.2) is 16.6 Å². The number of nitrogens with two attached hydrogens (primary N) is 1. The van der Waals surface area contributed by atoms with Crippen LogP contribution in [0.25, 0.3) is 11.0 Å². The Hall–Kier alpha value is -0.940. The van der Waals surface area contributed by atoms with E-state index < -0.39 is 0 Å². The molecule has 0 aliphatic heterocycles. The molecule has 1 aromatic carbocycles. The van der Waals surface area contributed by atoms with E-state index >= 15 is 0 Å². The molecule has 17 heavy (non-hydrogen) atoms. The lowest BCUT2D eigenvalue weighted by molar-refractivity contribution is 0.620. The van der Waals surface area contributed by atoms with Crippen LogP contribution in [-0.2, 0) is 6.42 Å². The van der Waals surface area contributed by atoms with Gasteiger partial charge in [-0.2, -0.15) is 0 Å². The van der Waals surface area contributed by atoms with Crippen LogP contribution in [0.1, 0.15) is 24.7 Å². The van der Waals surface area contributed by atoms with Crippen molar-refractivity contribution in [2.45, 2.75) is 25.3 Å². The van der Waals surface area contributed by atoms with Crippen LogP contribution in [0.2, 0.25) is 0 Å². The lowest BCUT2D eigenvalue weighted by atomic mass is 10.3. The molecule has 5 heteroatoms. The summed E-state index contributed by atoms with van der Waals surface area (Å²) in [6, 6.07) is 3.65. The summed E-state index contributed by atoms with van der Waals surface area (Å²) in [5.41, 5.74) is 7.31. The van der Waals surface area contributed by atoms with E-state index in [0.717, 1.165) is 36.1 Å². The fraction of sp³-hybridized carbons (Fsp3) is 0.417. The number of hydrogen-bond donors (Lipinski definition) is 1. The molecule has 0 amide bonds. The second-order valence-electron chi connectivity index (χ2n) is 4.40. The van der Waals surface area contributed by atoms with Crippen LogP contribution in [0, 0.1) is 5.82 Å². The minimum absolute atomic E-state index is 0.237. The van der Waals surface area contributed by atoms with Crippen molar-refractivity contribution in [3.05, 3.63) is 28.2 Å². The first kappa shape index (κ1) is 11.2. The average Bonchev–Trinajstić information content (AvgIpc) is 3.07. The number of benzene rings is 1. The molecule has 1 aromatic heterocycles. The van der Waals surface area contributed by atoms with E-state index in [9.17, 15) is 4.39 Å². The zero-order valence-corrected chi connectivity index (χ0v) is 10.9. The number of rotatable bonds is 3. The van der Waals surface area contributed by atoms with E-state index in [1.165, 1.54) is 6.07 Å². The Morgan fingerprint density at radius 1 is 1.47 bits per heavy atom. The number of imidazole rings is 1. The van der Waals surface area contributed by atoms with E-state index in [0.29, 0.717) is 17.1 Å². The van der Waals surface area contributed by atoms with Gasteiger partial charge in [-0.1, -0.05) is 0 Å². The molecule has 1 heterocycles. The molecular formula is C12H13BrFN3. The van der Waals surface area contributed by atoms with Crippen LogP contribution in [0.5, 0.6) is 0 Å². The highest BCUT2D eigenvalue weighted by Gasteiger charge is 2.29. The summed E-state index contributed by atoms with van der Waals surface area (Å²) in [5, 5.41) is 0. The van der Waals surface area contributed by atoms with E-state index in [1.54, 1.807) is 6.07 Å². The highest BCUT2D eigenvalue weighted by atomic mass is 79.9. The maximum absolute atomic E-state index is 13.6. The van der Waals surface area contributed by atoms with Gasteiger partial charge in [-0.05, 0) is 47.4 Å². The molecule has 2 aromatic rings. The number of hydrogen-bond acceptors (Lipinski definition) is 2. The number of halogens is 2. The average molecular weight is 298 g/mol. The van der Waals surface area contributed by atoms with Crippen LogP contribution in [0.3, 0.4) is 0 Å². The van der Waals surface area contributed by atoms with Gasteiger partial charge in [0.05, 0.1) is 15.5 Å². The first-order chi connectivity index (χ1) is 8.22. The summed E-state index contributed by atoms with van der Waals surface area (Å²) < 4.78 is 16.3. The van der Waals surface area contributed by atoms with E-state index in [2.05, 4.69) is 25.5 Å². The molecule has 0 saturated heterocycles. The van der Waals surface area contributed by atoms with Crippen molar-refractivity contribution in [3.8, 4) is 0 Å². The Balaban J connectivity index is 2.28. The first-order valence-electron chi connectivity index (χ1n) is 5.77. The molecule has 3 nitrogen and oxygen atoms in total. The maximum atomic E-state index is 13.6. The predicted molar refractivity (Wildman–Crippen MR) is 68.4 cm³/mol. The van der Waals surface area contributed by atoms with Gasteiger partial charge in [-0.25, -0.2) is 9.37 Å². The molecule has 1 saturated carbocycles. The van der Waals surface area contributed by atoms with Crippen molar-refractivity contribution < 1.29 is 4.39 Å². The number of aromatic nitrogens is 2. The smallest absolute Gasteiger partial charge is 0.139 e. The Morgan fingerprint density at radius 3 is 2.88 bits per heavy atom. The lowest BCUT2D eigenvalue weighted by Gasteiger charge is -2.07. The maximum Gasteiger partial charge on any atom is 0.139 e. The minimum Gasteiger partial charge on any atom is -0.330 e. The molecule has 3 rings (SSSR count). The summed E-state index contributed by atoms with van der Waals surface area (Å²) >= 11 is 3.33. The third-order valence-corrected chi connectivity index (χ3v) is 3.85. The molecule has 0 atom stereocenters. The normalized spacial score (nSPS) is 15.7. The highest BCUT2D eigenvalue weighted by molar-refractivity contribution is 9.10. The fourth-order valence-corrected chi connectivity index (χ4v) is 2.73. The largest absolute Gasteiger partial charge is 0.330 e. The summed E-state index contributed by atoms with van der Waals surface area (Å²) in [6.45, 7) is 0.566. The Labute approximate surface area is 107 Å². The van der Waals surface area contributed by atoms with Gasteiger partial charge in [0.25, 0.3) is 0 Å². The van der Waals surface area contributed by atoms with Crippen LogP contribution in [0.4, 0.5) is 4.39 Å². The van der Waals surface area contributed by atoms with E-state index in [4.69, 9.17) is 5.73 Å². The molecule has 90 valence electrons. The van der Waals surface area contributed by atoms with Crippen LogP contribution < -0.4 is 5.73 Å². The Morgan fingerprint density at radius 2 is 2.24 bits per heavy atom. The third kappa shape index (κ3) is 1.77. The first-order valence-corrected chi connectivity index (χ1v) is 6.56. The summed E-state index contributed by atoms with van der Waals surface area (Å²) in [7, 11) is 0. The number of fused-ring (bicyclic) bond motifs is 1. The van der Waals surface area contributed by atoms with Gasteiger partial charge in [0.15, 0.2) is 0 Å². The molecule has 0 radical (unpaired) electrons. The van der Waals surface area contributed by atoms with Crippen LogP contribution in [-0.4, -0.2) is 16.1 Å². The highest BCUT2D eigenvalue weighted by Crippen LogP contribution is 2.41. The second-order valence-corrected chi connectivity index (χ2v) is 5.19. The zero-order chi connectivity index (χ0) is 12.0. The molecule has 0 unspecified atom stereocenters. The fourth-order valence-electron chi connectivity index (χ4n) is 2.20. The van der Waals surface area contributed by atoms with Crippen molar-refractivity contribution in [1.82, 2.24) is 9.55 Å². The lowest BCUT2D eigenvalue weighted by Crippen LogP contribution is -2.09. The van der Waals surface area contributed by atoms with E-state index in [-0.39, 0.29) is 5.82 Å². The summed E-state index contributed by atoms with van der Waals surface area (Å²) in [5.74, 6) is 0.731. The number of nitrogens with zero attached hydrogens (tertiary/aromatic N) is 2. The van der Waals surface area contributed by atoms with Gasteiger partial charge in [0, 0.05) is 12.5 Å². The second kappa shape index (κ2) is 4.07. The van der Waals surface area contributed by atoms with Gasteiger partial charge in [0.1, 0.15) is 11.6 Å². The quantitative estimate of drug-likeness (QED) is 0.947. The topological polar surface area (TPSA) is 43.8 Å². The SMILES string of the molecule is NCCc1nc2ccc(F)c(Br)c2n1C1CC1. The van der Waals surface area contributed by atoms with Crippen molar-refractivity contribution in [2.24, 2.45) is 5.73 Å². The summed E-state index contributed by atoms with van der Waals surface area (Å²) in [6.07, 6.45) is 3.03. The van der Waals surface area contributed by atoms with Gasteiger partial charge in [-0.3, -0.25) is 0 Å². The van der Waals surface area contributed by atoms with Crippen molar-refractivity contribution in [3.63, 3.8) is 0 Å². The van der Waals surface area contributed by atoms with Crippen molar-refractivity contribution >= 4 is 27.0 Å². The molecule has 2 N–H and O–H groups in total. The van der Waals surface area contributed by atoms with Gasteiger partial charge in [-0.15, -0.1) is 0 Å². The minimum atomic E-state index is -0.237. The van der Waals surface area contributed by atoms with Gasteiger partial charge >= 0.3 is 0 Å².